The minimum Gasteiger partial charge on any atom is -0.490 e. The third-order valence-electron chi connectivity index (χ3n) is 4.28. The summed E-state index contributed by atoms with van der Waals surface area (Å²) in [6.07, 6.45) is 0. The lowest BCUT2D eigenvalue weighted by Crippen LogP contribution is -2.21. The van der Waals surface area contributed by atoms with Gasteiger partial charge in [0.05, 0.1) is 6.61 Å². The summed E-state index contributed by atoms with van der Waals surface area (Å²) >= 11 is 5.57. The number of ether oxygens (including phenoxy) is 2. The third kappa shape index (κ3) is 5.57. The van der Waals surface area contributed by atoms with Crippen LogP contribution < -0.4 is 14.8 Å². The Kier molecular flexibility index (Phi) is 7.04. The van der Waals surface area contributed by atoms with Crippen molar-refractivity contribution in [2.24, 2.45) is 0 Å². The molecule has 28 heavy (non-hydrogen) atoms. The minimum atomic E-state index is 0.496. The lowest BCUT2D eigenvalue weighted by atomic mass is 10.1. The number of nitrogens with one attached hydrogen (secondary N) is 1. The van der Waals surface area contributed by atoms with Gasteiger partial charge in [-0.05, 0) is 43.2 Å². The molecule has 0 spiro atoms. The molecule has 0 amide bonds. The molecular weight excluding hydrogens is 366 g/mol. The minimum absolute atomic E-state index is 0.496. The topological polar surface area (TPSA) is 30.5 Å². The van der Waals surface area contributed by atoms with Crippen LogP contribution >= 0.6 is 12.2 Å². The zero-order valence-corrected chi connectivity index (χ0v) is 17.1. The van der Waals surface area contributed by atoms with Crippen LogP contribution in [0.3, 0.4) is 0 Å². The molecule has 0 bridgehead atoms. The standard InChI is InChI=1S/C24H25NO2S/c1-3-26-23-15-21(24(28)25-16-20-11-7-8-18(2)14-20)12-13-22(23)27-17-19-9-5-4-6-10-19/h4-15H,3,16-17H2,1-2H3,(H,25,28). The number of benzene rings is 3. The molecule has 0 saturated heterocycles. The molecule has 0 radical (unpaired) electrons. The molecule has 1 N–H and O–H groups in total. The summed E-state index contributed by atoms with van der Waals surface area (Å²) in [5, 5.41) is 3.32. The van der Waals surface area contributed by atoms with E-state index in [1.165, 1.54) is 11.1 Å². The van der Waals surface area contributed by atoms with Gasteiger partial charge in [0.2, 0.25) is 0 Å². The third-order valence-corrected chi connectivity index (χ3v) is 4.66. The molecule has 0 aliphatic rings. The zero-order valence-electron chi connectivity index (χ0n) is 16.3. The molecule has 0 aliphatic carbocycles. The Hall–Kier alpha value is -2.85. The van der Waals surface area contributed by atoms with Gasteiger partial charge < -0.3 is 14.8 Å². The average molecular weight is 392 g/mol. The fourth-order valence-electron chi connectivity index (χ4n) is 2.88. The number of aryl methyl sites for hydroxylation is 1. The quantitative estimate of drug-likeness (QED) is 0.518. The molecule has 0 saturated carbocycles. The van der Waals surface area contributed by atoms with Crippen molar-refractivity contribution in [3.8, 4) is 11.5 Å². The van der Waals surface area contributed by atoms with E-state index in [1.54, 1.807) is 0 Å². The number of thiocarbonyl (C=S) groups is 1. The van der Waals surface area contributed by atoms with Crippen LogP contribution in [0.5, 0.6) is 11.5 Å². The second-order valence-electron chi connectivity index (χ2n) is 6.54. The van der Waals surface area contributed by atoms with Crippen LogP contribution in [0.25, 0.3) is 0 Å². The molecule has 3 nitrogen and oxygen atoms in total. The van der Waals surface area contributed by atoms with Gasteiger partial charge in [0.1, 0.15) is 11.6 Å². The van der Waals surface area contributed by atoms with E-state index in [9.17, 15) is 0 Å². The maximum atomic E-state index is 5.96. The van der Waals surface area contributed by atoms with Crippen molar-refractivity contribution >= 4 is 17.2 Å². The van der Waals surface area contributed by atoms with Gasteiger partial charge in [-0.2, -0.15) is 0 Å². The van der Waals surface area contributed by atoms with Crippen molar-refractivity contribution in [2.45, 2.75) is 27.0 Å². The first-order chi connectivity index (χ1) is 13.7. The summed E-state index contributed by atoms with van der Waals surface area (Å²) in [4.78, 5) is 0.692. The summed E-state index contributed by atoms with van der Waals surface area (Å²) in [5.41, 5.74) is 4.47. The first-order valence-corrected chi connectivity index (χ1v) is 9.84. The highest BCUT2D eigenvalue weighted by Crippen LogP contribution is 2.29. The molecule has 4 heteroatoms. The summed E-state index contributed by atoms with van der Waals surface area (Å²) in [6.45, 7) is 5.80. The predicted octanol–water partition coefficient (Wildman–Crippen LogP) is 5.44. The molecule has 0 atom stereocenters. The molecule has 0 aliphatic heterocycles. The van der Waals surface area contributed by atoms with Crippen LogP contribution in [0, 0.1) is 6.92 Å². The predicted molar refractivity (Wildman–Crippen MR) is 118 cm³/mol. The molecule has 3 rings (SSSR count). The van der Waals surface area contributed by atoms with E-state index < -0.39 is 0 Å². The van der Waals surface area contributed by atoms with E-state index >= 15 is 0 Å². The molecule has 144 valence electrons. The van der Waals surface area contributed by atoms with Crippen molar-refractivity contribution in [3.63, 3.8) is 0 Å². The highest BCUT2D eigenvalue weighted by Gasteiger charge is 2.10. The number of rotatable bonds is 8. The van der Waals surface area contributed by atoms with Crippen molar-refractivity contribution < 1.29 is 9.47 Å². The zero-order chi connectivity index (χ0) is 19.8. The Balaban J connectivity index is 1.67. The summed E-state index contributed by atoms with van der Waals surface area (Å²) < 4.78 is 11.7. The summed E-state index contributed by atoms with van der Waals surface area (Å²) in [5.74, 6) is 1.42. The van der Waals surface area contributed by atoms with E-state index in [0.29, 0.717) is 30.5 Å². The van der Waals surface area contributed by atoms with Gasteiger partial charge in [-0.1, -0.05) is 72.4 Å². The van der Waals surface area contributed by atoms with Crippen LogP contribution in [-0.4, -0.2) is 11.6 Å². The molecule has 0 fully saturated rings. The Labute approximate surface area is 172 Å². The van der Waals surface area contributed by atoms with Gasteiger partial charge in [-0.3, -0.25) is 0 Å². The maximum Gasteiger partial charge on any atom is 0.161 e. The van der Waals surface area contributed by atoms with Gasteiger partial charge in [0.15, 0.2) is 11.5 Å². The Morgan fingerprint density at radius 3 is 2.39 bits per heavy atom. The molecule has 0 heterocycles. The smallest absolute Gasteiger partial charge is 0.161 e. The SMILES string of the molecule is CCOc1cc(C(=S)NCc2cccc(C)c2)ccc1OCc1ccccc1. The fraction of sp³-hybridized carbons (Fsp3) is 0.208. The average Bonchev–Trinajstić information content (AvgIpc) is 2.72. The van der Waals surface area contributed by atoms with Crippen molar-refractivity contribution in [3.05, 3.63) is 95.1 Å². The summed E-state index contributed by atoms with van der Waals surface area (Å²) in [7, 11) is 0. The number of hydrogen-bond donors (Lipinski definition) is 1. The molecule has 3 aromatic carbocycles. The van der Waals surface area contributed by atoms with Crippen LogP contribution in [-0.2, 0) is 13.2 Å². The Morgan fingerprint density at radius 1 is 0.857 bits per heavy atom. The van der Waals surface area contributed by atoms with Crippen molar-refractivity contribution in [1.29, 1.82) is 0 Å². The lowest BCUT2D eigenvalue weighted by molar-refractivity contribution is 0.269. The largest absolute Gasteiger partial charge is 0.490 e. The van der Waals surface area contributed by atoms with Gasteiger partial charge in [0, 0.05) is 12.1 Å². The first kappa shape index (κ1) is 19.9. The molecule has 0 unspecified atom stereocenters. The van der Waals surface area contributed by atoms with Crippen molar-refractivity contribution in [1.82, 2.24) is 5.32 Å². The molecule has 0 aromatic heterocycles. The monoisotopic (exact) mass is 391 g/mol. The van der Waals surface area contributed by atoms with Crippen LogP contribution in [0.4, 0.5) is 0 Å². The van der Waals surface area contributed by atoms with E-state index in [2.05, 4.69) is 36.5 Å². The number of hydrogen-bond acceptors (Lipinski definition) is 3. The maximum absolute atomic E-state index is 5.96. The van der Waals surface area contributed by atoms with E-state index in [4.69, 9.17) is 21.7 Å². The van der Waals surface area contributed by atoms with E-state index in [0.717, 1.165) is 16.9 Å². The second kappa shape index (κ2) is 9.90. The Morgan fingerprint density at radius 2 is 1.64 bits per heavy atom. The van der Waals surface area contributed by atoms with Gasteiger partial charge in [-0.25, -0.2) is 0 Å². The van der Waals surface area contributed by atoms with Crippen LogP contribution in [0.15, 0.2) is 72.8 Å². The first-order valence-electron chi connectivity index (χ1n) is 9.43. The van der Waals surface area contributed by atoms with E-state index in [1.807, 2.05) is 55.5 Å². The van der Waals surface area contributed by atoms with Crippen LogP contribution in [0.2, 0.25) is 0 Å². The Bertz CT molecular complexity index is 925. The van der Waals surface area contributed by atoms with Crippen molar-refractivity contribution in [2.75, 3.05) is 6.61 Å². The van der Waals surface area contributed by atoms with Gasteiger partial charge >= 0.3 is 0 Å². The van der Waals surface area contributed by atoms with Gasteiger partial charge in [0.25, 0.3) is 0 Å². The highest BCUT2D eigenvalue weighted by molar-refractivity contribution is 7.80. The fourth-order valence-corrected chi connectivity index (χ4v) is 3.08. The molecule has 3 aromatic rings. The van der Waals surface area contributed by atoms with Crippen LogP contribution in [0.1, 0.15) is 29.2 Å². The molecular formula is C24H25NO2S. The summed E-state index contributed by atoms with van der Waals surface area (Å²) in [6, 6.07) is 24.3. The van der Waals surface area contributed by atoms with E-state index in [-0.39, 0.29) is 0 Å². The highest BCUT2D eigenvalue weighted by atomic mass is 32.1. The lowest BCUT2D eigenvalue weighted by Gasteiger charge is -2.15. The van der Waals surface area contributed by atoms with Gasteiger partial charge in [-0.15, -0.1) is 0 Å². The normalized spacial score (nSPS) is 10.4. The second-order valence-corrected chi connectivity index (χ2v) is 6.95.